The largest absolute Gasteiger partial charge is 0.242 e. The van der Waals surface area contributed by atoms with Crippen LogP contribution in [0.2, 0.25) is 0 Å². The first-order valence-corrected chi connectivity index (χ1v) is 9.05. The minimum atomic E-state index is -3.73. The van der Waals surface area contributed by atoms with Crippen molar-refractivity contribution in [3.05, 3.63) is 27.8 Å². The molecule has 1 N–H and O–H groups in total. The van der Waals surface area contributed by atoms with Crippen molar-refractivity contribution < 1.29 is 8.42 Å². The molecule has 22 heavy (non-hydrogen) atoms. The van der Waals surface area contributed by atoms with E-state index in [4.69, 9.17) is 0 Å². The summed E-state index contributed by atoms with van der Waals surface area (Å²) < 4.78 is 28.5. The Morgan fingerprint density at radius 3 is 1.77 bits per heavy atom. The average molecular weight is 320 g/mol. The van der Waals surface area contributed by atoms with Gasteiger partial charge in [0.2, 0.25) is 10.0 Å². The summed E-state index contributed by atoms with van der Waals surface area (Å²) >= 11 is 0. The second-order valence-electron chi connectivity index (χ2n) is 6.65. The van der Waals surface area contributed by atoms with Gasteiger partial charge < -0.3 is 0 Å². The molecule has 1 fully saturated rings. The molecule has 1 aliphatic carbocycles. The molecule has 5 heteroatoms. The van der Waals surface area contributed by atoms with E-state index in [0.29, 0.717) is 4.90 Å². The number of hydrogen-bond donors (Lipinski definition) is 1. The van der Waals surface area contributed by atoms with Gasteiger partial charge in [0.1, 0.15) is 5.54 Å². The first-order chi connectivity index (χ1) is 10.0. The predicted molar refractivity (Wildman–Crippen MR) is 87.2 cm³/mol. The van der Waals surface area contributed by atoms with Crippen LogP contribution < -0.4 is 4.72 Å². The lowest BCUT2D eigenvalue weighted by Gasteiger charge is -2.25. The van der Waals surface area contributed by atoms with Gasteiger partial charge in [0.05, 0.1) is 11.0 Å². The summed E-state index contributed by atoms with van der Waals surface area (Å²) in [6.45, 7) is 11.3. The van der Waals surface area contributed by atoms with Crippen LogP contribution in [0.15, 0.2) is 4.90 Å². The lowest BCUT2D eigenvalue weighted by molar-refractivity contribution is 0.458. The Morgan fingerprint density at radius 2 is 1.41 bits per heavy atom. The standard InChI is InChI=1S/C17H24N2O2S/c1-10-11(2)13(4)16(14(5)12(10)3)22(20,21)19-17(6,9-18)15-7-8-15/h15,19H,7-8H2,1-6H3/t17-/m1/s1. The minimum Gasteiger partial charge on any atom is -0.207 e. The highest BCUT2D eigenvalue weighted by Crippen LogP contribution is 2.40. The maximum Gasteiger partial charge on any atom is 0.242 e. The molecule has 1 atom stereocenters. The van der Waals surface area contributed by atoms with Crippen molar-refractivity contribution in [2.24, 2.45) is 5.92 Å². The molecule has 1 aliphatic rings. The summed E-state index contributed by atoms with van der Waals surface area (Å²) in [5, 5.41) is 9.42. The number of sulfonamides is 1. The van der Waals surface area contributed by atoms with Crippen LogP contribution in [0.5, 0.6) is 0 Å². The first kappa shape index (κ1) is 17.0. The molecular formula is C17H24N2O2S. The zero-order chi connectivity index (χ0) is 16.9. The molecule has 1 saturated carbocycles. The molecule has 0 aliphatic heterocycles. The second-order valence-corrected chi connectivity index (χ2v) is 8.27. The fourth-order valence-corrected chi connectivity index (χ4v) is 5.04. The normalized spacial score (nSPS) is 17.9. The Hall–Kier alpha value is -1.38. The third kappa shape index (κ3) is 2.66. The molecule has 1 aromatic rings. The fourth-order valence-electron chi connectivity index (χ4n) is 3.06. The van der Waals surface area contributed by atoms with Crippen LogP contribution in [-0.2, 0) is 10.0 Å². The van der Waals surface area contributed by atoms with Crippen LogP contribution in [0.3, 0.4) is 0 Å². The van der Waals surface area contributed by atoms with Gasteiger partial charge >= 0.3 is 0 Å². The molecule has 0 spiro atoms. The highest BCUT2D eigenvalue weighted by molar-refractivity contribution is 7.89. The predicted octanol–water partition coefficient (Wildman–Crippen LogP) is 3.20. The summed E-state index contributed by atoms with van der Waals surface area (Å²) in [7, 11) is -3.73. The maximum absolute atomic E-state index is 12.9. The lowest BCUT2D eigenvalue weighted by atomic mass is 9.95. The van der Waals surface area contributed by atoms with Gasteiger partial charge in [-0.05, 0) is 88.1 Å². The molecule has 0 saturated heterocycles. The van der Waals surface area contributed by atoms with Gasteiger partial charge in [0.25, 0.3) is 0 Å². The van der Waals surface area contributed by atoms with E-state index >= 15 is 0 Å². The Labute approximate surface area is 133 Å². The molecule has 0 amide bonds. The van der Waals surface area contributed by atoms with E-state index in [1.165, 1.54) is 0 Å². The zero-order valence-electron chi connectivity index (χ0n) is 14.2. The SMILES string of the molecule is Cc1c(C)c(C)c(S(=O)(=O)N[C@](C)(C#N)C2CC2)c(C)c1C. The van der Waals surface area contributed by atoms with Gasteiger partial charge in [-0.1, -0.05) is 0 Å². The van der Waals surface area contributed by atoms with Crippen LogP contribution >= 0.6 is 0 Å². The van der Waals surface area contributed by atoms with Crippen LogP contribution in [0, 0.1) is 51.9 Å². The Morgan fingerprint density at radius 1 is 1.00 bits per heavy atom. The first-order valence-electron chi connectivity index (χ1n) is 7.57. The second kappa shape index (κ2) is 5.36. The van der Waals surface area contributed by atoms with Crippen molar-refractivity contribution in [3.8, 4) is 6.07 Å². The van der Waals surface area contributed by atoms with Crippen molar-refractivity contribution in [1.29, 1.82) is 5.26 Å². The van der Waals surface area contributed by atoms with Crippen LogP contribution in [0.25, 0.3) is 0 Å². The molecule has 1 aromatic carbocycles. The van der Waals surface area contributed by atoms with E-state index < -0.39 is 15.6 Å². The number of benzene rings is 1. The molecular weight excluding hydrogens is 296 g/mol. The van der Waals surface area contributed by atoms with Crippen LogP contribution in [-0.4, -0.2) is 14.0 Å². The van der Waals surface area contributed by atoms with Crippen LogP contribution in [0.1, 0.15) is 47.6 Å². The van der Waals surface area contributed by atoms with Gasteiger partial charge in [0, 0.05) is 0 Å². The molecule has 0 aromatic heterocycles. The van der Waals surface area contributed by atoms with Gasteiger partial charge in [-0.2, -0.15) is 9.98 Å². The topological polar surface area (TPSA) is 70.0 Å². The molecule has 0 radical (unpaired) electrons. The third-order valence-corrected chi connectivity index (χ3v) is 7.01. The number of hydrogen-bond acceptors (Lipinski definition) is 3. The summed E-state index contributed by atoms with van der Waals surface area (Å²) in [4.78, 5) is 0.329. The lowest BCUT2D eigenvalue weighted by Crippen LogP contribution is -2.47. The van der Waals surface area contributed by atoms with Crippen molar-refractivity contribution in [1.82, 2.24) is 4.72 Å². The number of nitriles is 1. The maximum atomic E-state index is 12.9. The van der Waals surface area contributed by atoms with E-state index in [0.717, 1.165) is 40.7 Å². The summed E-state index contributed by atoms with van der Waals surface area (Å²) in [5.41, 5.74) is 3.62. The van der Waals surface area contributed by atoms with Gasteiger partial charge in [-0.15, -0.1) is 0 Å². The number of nitrogens with zero attached hydrogens (tertiary/aromatic N) is 1. The summed E-state index contributed by atoms with van der Waals surface area (Å²) in [5.74, 6) is 0.112. The number of rotatable bonds is 4. The summed E-state index contributed by atoms with van der Waals surface area (Å²) in [6.07, 6.45) is 1.80. The monoisotopic (exact) mass is 320 g/mol. The van der Waals surface area contributed by atoms with Gasteiger partial charge in [-0.25, -0.2) is 8.42 Å². The van der Waals surface area contributed by atoms with E-state index in [9.17, 15) is 13.7 Å². The molecule has 0 heterocycles. The highest BCUT2D eigenvalue weighted by Gasteiger charge is 2.45. The fraction of sp³-hybridized carbons (Fsp3) is 0.588. The minimum absolute atomic E-state index is 0.112. The smallest absolute Gasteiger partial charge is 0.207 e. The van der Waals surface area contributed by atoms with E-state index in [1.54, 1.807) is 6.92 Å². The van der Waals surface area contributed by atoms with E-state index in [2.05, 4.69) is 10.8 Å². The third-order valence-electron chi connectivity index (χ3n) is 5.17. The quantitative estimate of drug-likeness (QED) is 0.926. The van der Waals surface area contributed by atoms with Crippen molar-refractivity contribution in [3.63, 3.8) is 0 Å². The Bertz CT molecular complexity index is 742. The molecule has 4 nitrogen and oxygen atoms in total. The van der Waals surface area contributed by atoms with E-state index in [-0.39, 0.29) is 5.92 Å². The molecule has 2 rings (SSSR count). The Balaban J connectivity index is 2.58. The number of nitrogens with one attached hydrogen (secondary N) is 1. The highest BCUT2D eigenvalue weighted by atomic mass is 32.2. The molecule has 120 valence electrons. The molecule has 0 bridgehead atoms. The van der Waals surface area contributed by atoms with Crippen molar-refractivity contribution in [2.45, 2.75) is 64.8 Å². The van der Waals surface area contributed by atoms with Gasteiger partial charge in [-0.3, -0.25) is 0 Å². The van der Waals surface area contributed by atoms with Gasteiger partial charge in [0.15, 0.2) is 0 Å². The van der Waals surface area contributed by atoms with Crippen LogP contribution in [0.4, 0.5) is 0 Å². The molecule has 0 unspecified atom stereocenters. The van der Waals surface area contributed by atoms with Crippen molar-refractivity contribution in [2.75, 3.05) is 0 Å². The Kier molecular flexibility index (Phi) is 4.14. The van der Waals surface area contributed by atoms with E-state index in [1.807, 2.05) is 34.6 Å². The van der Waals surface area contributed by atoms with Crippen molar-refractivity contribution >= 4 is 10.0 Å². The summed E-state index contributed by atoms with van der Waals surface area (Å²) in [6, 6.07) is 2.16. The zero-order valence-corrected chi connectivity index (χ0v) is 15.0. The average Bonchev–Trinajstić information content (AvgIpc) is 3.27.